The molecule has 0 bridgehead atoms. The van der Waals surface area contributed by atoms with Crippen molar-refractivity contribution in [1.29, 1.82) is 0 Å². The zero-order valence-corrected chi connectivity index (χ0v) is 37.0. The number of hydrogen-bond acceptors (Lipinski definition) is 8. The smallest absolute Gasteiger partial charge is 0.410 e. The van der Waals surface area contributed by atoms with E-state index in [4.69, 9.17) is 9.47 Å². The van der Waals surface area contributed by atoms with E-state index < -0.39 is 11.2 Å². The number of carbonyl (C=O) groups is 2. The Balaban J connectivity index is 0.000000179. The zero-order valence-electron chi connectivity index (χ0n) is 35.4. The van der Waals surface area contributed by atoms with Gasteiger partial charge in [-0.05, 0) is 116 Å². The number of benzene rings is 2. The van der Waals surface area contributed by atoms with Crippen LogP contribution in [0.3, 0.4) is 0 Å². The third kappa shape index (κ3) is 9.78. The monoisotopic (exact) mass is 862 g/mol. The molecule has 310 valence electrons. The standard InChI is InChI=1S/C23H27BrN4O2.C23H28N4O2/c1-22(2,3)30-21(29)27-11-9-23(4,10-12-27)18-7-5-16(6-8-18)17-13-25-20-19(24)14-26-28(20)15-17;1-22(2,3)29-21(28)26-13-10-23(4,11-14-26)19-7-5-17(6-8-19)18-15-24-20-9-12-25-27(20)16-18/h5-8,13-15H,9-12H2,1-4H3;5-9,12,15-16H,10-11,13-14H2,1-4H3. The molecule has 12 nitrogen and oxygen atoms in total. The van der Waals surface area contributed by atoms with Crippen molar-refractivity contribution in [3.05, 3.63) is 107 Å². The molecule has 0 spiro atoms. The van der Waals surface area contributed by atoms with Crippen molar-refractivity contribution in [3.8, 4) is 22.3 Å². The number of aromatic nitrogens is 6. The van der Waals surface area contributed by atoms with E-state index in [0.717, 1.165) is 63.7 Å². The molecule has 2 aliphatic rings. The summed E-state index contributed by atoms with van der Waals surface area (Å²) in [5, 5.41) is 8.58. The molecule has 2 saturated heterocycles. The molecule has 2 amide bonds. The van der Waals surface area contributed by atoms with Crippen LogP contribution >= 0.6 is 15.9 Å². The van der Waals surface area contributed by atoms with Crippen LogP contribution in [0, 0.1) is 0 Å². The minimum absolute atomic E-state index is 0.0477. The van der Waals surface area contributed by atoms with Crippen molar-refractivity contribution in [2.75, 3.05) is 26.2 Å². The van der Waals surface area contributed by atoms with Crippen LogP contribution in [0.4, 0.5) is 9.59 Å². The van der Waals surface area contributed by atoms with Gasteiger partial charge in [0.25, 0.3) is 0 Å². The van der Waals surface area contributed by atoms with Crippen LogP contribution in [0.15, 0.2) is 96.3 Å². The fourth-order valence-electron chi connectivity index (χ4n) is 7.68. The van der Waals surface area contributed by atoms with E-state index in [9.17, 15) is 9.59 Å². The van der Waals surface area contributed by atoms with E-state index in [-0.39, 0.29) is 23.0 Å². The van der Waals surface area contributed by atoms with E-state index in [2.05, 4.69) is 98.5 Å². The summed E-state index contributed by atoms with van der Waals surface area (Å²) in [6.07, 6.45) is 14.5. The normalized spacial score (nSPS) is 16.7. The van der Waals surface area contributed by atoms with Gasteiger partial charge in [-0.1, -0.05) is 62.4 Å². The Morgan fingerprint density at radius 1 is 0.593 bits per heavy atom. The Hall–Kier alpha value is -5.30. The molecule has 6 aromatic rings. The highest BCUT2D eigenvalue weighted by Gasteiger charge is 2.36. The van der Waals surface area contributed by atoms with Crippen molar-refractivity contribution in [3.63, 3.8) is 0 Å². The van der Waals surface area contributed by atoms with Gasteiger partial charge in [-0.25, -0.2) is 28.6 Å². The zero-order chi connectivity index (χ0) is 42.2. The molecule has 0 radical (unpaired) electrons. The van der Waals surface area contributed by atoms with Gasteiger partial charge in [0.05, 0.1) is 16.9 Å². The van der Waals surface area contributed by atoms with Gasteiger partial charge in [-0.2, -0.15) is 10.2 Å². The molecular weight excluding hydrogens is 808 g/mol. The summed E-state index contributed by atoms with van der Waals surface area (Å²) < 4.78 is 15.5. The second-order valence-electron chi connectivity index (χ2n) is 18.3. The summed E-state index contributed by atoms with van der Waals surface area (Å²) in [5.41, 5.74) is 7.72. The van der Waals surface area contributed by atoms with Gasteiger partial charge in [0.1, 0.15) is 11.2 Å². The van der Waals surface area contributed by atoms with Crippen molar-refractivity contribution in [1.82, 2.24) is 39.0 Å². The summed E-state index contributed by atoms with van der Waals surface area (Å²) in [4.78, 5) is 37.3. The highest BCUT2D eigenvalue weighted by atomic mass is 79.9. The van der Waals surface area contributed by atoms with Gasteiger partial charge >= 0.3 is 12.2 Å². The Kier molecular flexibility index (Phi) is 11.6. The number of piperidine rings is 2. The van der Waals surface area contributed by atoms with Gasteiger partial charge < -0.3 is 19.3 Å². The molecule has 0 aliphatic carbocycles. The molecule has 2 fully saturated rings. The van der Waals surface area contributed by atoms with Crippen molar-refractivity contribution < 1.29 is 19.1 Å². The SMILES string of the molecule is CC(C)(C)OC(=O)N1CCC(C)(c2ccc(-c3cnc4c(Br)cnn4c3)cc2)CC1.CC(C)(C)OC(=O)N1CCC(C)(c2ccc(-c3cnc4ccnn4c3)cc2)CC1. The molecule has 8 rings (SSSR count). The number of ether oxygens (including phenoxy) is 2. The van der Waals surface area contributed by atoms with E-state index in [0.29, 0.717) is 26.2 Å². The molecule has 2 aliphatic heterocycles. The van der Waals surface area contributed by atoms with Gasteiger partial charge in [-0.3, -0.25) is 0 Å². The molecule has 0 N–H and O–H groups in total. The summed E-state index contributed by atoms with van der Waals surface area (Å²) in [6.45, 7) is 18.8. The fraction of sp³-hybridized carbons (Fsp3) is 0.435. The van der Waals surface area contributed by atoms with Crippen LogP contribution in [-0.2, 0) is 20.3 Å². The second kappa shape index (κ2) is 16.4. The molecule has 2 aromatic carbocycles. The number of hydrogen-bond donors (Lipinski definition) is 0. The maximum atomic E-state index is 12.3. The number of likely N-dealkylation sites (tertiary alicyclic amines) is 2. The van der Waals surface area contributed by atoms with E-state index >= 15 is 0 Å². The predicted octanol–water partition coefficient (Wildman–Crippen LogP) is 10.1. The first-order valence-corrected chi connectivity index (χ1v) is 21.1. The lowest BCUT2D eigenvalue weighted by molar-refractivity contribution is 0.0161. The van der Waals surface area contributed by atoms with Crippen molar-refractivity contribution in [2.45, 2.75) is 103 Å². The number of halogens is 1. The van der Waals surface area contributed by atoms with Crippen LogP contribution in [-0.4, -0.2) is 88.6 Å². The van der Waals surface area contributed by atoms with Gasteiger partial charge in [0.15, 0.2) is 11.3 Å². The maximum Gasteiger partial charge on any atom is 0.410 e. The summed E-state index contributed by atoms with van der Waals surface area (Å²) in [5.74, 6) is 0. The largest absolute Gasteiger partial charge is 0.444 e. The first kappa shape index (κ1) is 41.8. The quantitative estimate of drug-likeness (QED) is 0.172. The number of amides is 2. The number of carbonyl (C=O) groups excluding carboxylic acids is 2. The van der Waals surface area contributed by atoms with E-state index in [1.165, 1.54) is 11.1 Å². The Labute approximate surface area is 355 Å². The highest BCUT2D eigenvalue weighted by molar-refractivity contribution is 9.10. The van der Waals surface area contributed by atoms with E-state index in [1.54, 1.807) is 21.4 Å². The highest BCUT2D eigenvalue weighted by Crippen LogP contribution is 2.38. The first-order chi connectivity index (χ1) is 27.9. The summed E-state index contributed by atoms with van der Waals surface area (Å²) in [7, 11) is 0. The molecule has 59 heavy (non-hydrogen) atoms. The Morgan fingerprint density at radius 2 is 1.03 bits per heavy atom. The van der Waals surface area contributed by atoms with Crippen LogP contribution < -0.4 is 0 Å². The average molecular weight is 864 g/mol. The lowest BCUT2D eigenvalue weighted by Gasteiger charge is -2.40. The minimum atomic E-state index is -0.461. The molecule has 0 atom stereocenters. The number of fused-ring (bicyclic) bond motifs is 2. The fourth-order valence-corrected chi connectivity index (χ4v) is 8.06. The molecule has 0 saturated carbocycles. The Morgan fingerprint density at radius 3 is 1.49 bits per heavy atom. The molecule has 6 heterocycles. The number of nitrogens with zero attached hydrogens (tertiary/aromatic N) is 8. The third-order valence-corrected chi connectivity index (χ3v) is 12.0. The first-order valence-electron chi connectivity index (χ1n) is 20.3. The molecular formula is C46H55BrN8O4. The van der Waals surface area contributed by atoms with Crippen LogP contribution in [0.1, 0.15) is 92.2 Å². The molecule has 0 unspecified atom stereocenters. The lowest BCUT2D eigenvalue weighted by Crippen LogP contribution is -2.45. The topological polar surface area (TPSA) is 119 Å². The lowest BCUT2D eigenvalue weighted by atomic mass is 9.74. The van der Waals surface area contributed by atoms with Crippen molar-refractivity contribution in [2.24, 2.45) is 0 Å². The Bertz CT molecular complexity index is 2410. The van der Waals surface area contributed by atoms with Gasteiger partial charge in [0.2, 0.25) is 0 Å². The number of rotatable bonds is 4. The third-order valence-electron chi connectivity index (χ3n) is 11.4. The van der Waals surface area contributed by atoms with E-state index in [1.807, 2.05) is 82.2 Å². The summed E-state index contributed by atoms with van der Waals surface area (Å²) >= 11 is 3.46. The van der Waals surface area contributed by atoms with Crippen LogP contribution in [0.25, 0.3) is 33.5 Å². The van der Waals surface area contributed by atoms with Gasteiger partial charge in [0, 0.05) is 68.2 Å². The predicted molar refractivity (Wildman–Crippen MR) is 233 cm³/mol. The van der Waals surface area contributed by atoms with Gasteiger partial charge in [-0.15, -0.1) is 0 Å². The second-order valence-corrected chi connectivity index (χ2v) is 19.1. The maximum absolute atomic E-state index is 12.3. The van der Waals surface area contributed by atoms with Crippen LogP contribution in [0.5, 0.6) is 0 Å². The van der Waals surface area contributed by atoms with Crippen molar-refractivity contribution >= 4 is 39.4 Å². The summed E-state index contributed by atoms with van der Waals surface area (Å²) in [6, 6.07) is 19.3. The average Bonchev–Trinajstić information content (AvgIpc) is 3.83. The molecule has 4 aromatic heterocycles. The minimum Gasteiger partial charge on any atom is -0.444 e. The van der Waals surface area contributed by atoms with Crippen LogP contribution in [0.2, 0.25) is 0 Å². The molecule has 13 heteroatoms.